The second-order valence-corrected chi connectivity index (χ2v) is 6.15. The topological polar surface area (TPSA) is 46.9 Å². The summed E-state index contributed by atoms with van der Waals surface area (Å²) in [5, 5.41) is 4.20. The fourth-order valence-electron chi connectivity index (χ4n) is 2.61. The third-order valence-corrected chi connectivity index (χ3v) is 4.92. The predicted octanol–water partition coefficient (Wildman–Crippen LogP) is 2.04. The van der Waals surface area contributed by atoms with Crippen molar-refractivity contribution >= 4 is 21.6 Å². The van der Waals surface area contributed by atoms with E-state index in [1.807, 2.05) is 14.0 Å². The lowest BCUT2D eigenvalue weighted by molar-refractivity contribution is 0.565. The molecule has 0 aliphatic carbocycles. The Morgan fingerprint density at radius 3 is 2.89 bits per heavy atom. The van der Waals surface area contributed by atoms with Gasteiger partial charge in [0.15, 0.2) is 0 Å². The monoisotopic (exact) mass is 263 g/mol. The minimum absolute atomic E-state index is 0.0885. The highest BCUT2D eigenvalue weighted by Crippen LogP contribution is 2.28. The lowest BCUT2D eigenvalue weighted by Gasteiger charge is -2.13. The zero-order valence-corrected chi connectivity index (χ0v) is 11.7. The van der Waals surface area contributed by atoms with Gasteiger partial charge in [0.05, 0.1) is 11.4 Å². The first-order chi connectivity index (χ1) is 8.59. The molecule has 96 valence electrons. The molecule has 1 saturated heterocycles. The van der Waals surface area contributed by atoms with Crippen LogP contribution < -0.4 is 10.9 Å². The van der Waals surface area contributed by atoms with Crippen LogP contribution in [0.1, 0.15) is 35.1 Å². The Labute approximate surface area is 110 Å². The summed E-state index contributed by atoms with van der Waals surface area (Å²) < 4.78 is 1.71. The van der Waals surface area contributed by atoms with E-state index in [2.05, 4.69) is 12.2 Å². The van der Waals surface area contributed by atoms with Crippen molar-refractivity contribution in [3.63, 3.8) is 0 Å². The maximum atomic E-state index is 12.4. The Bertz CT molecular complexity index is 665. The van der Waals surface area contributed by atoms with E-state index in [-0.39, 0.29) is 11.6 Å². The summed E-state index contributed by atoms with van der Waals surface area (Å²) in [6.07, 6.45) is 2.22. The van der Waals surface area contributed by atoms with Crippen LogP contribution >= 0.6 is 11.3 Å². The zero-order chi connectivity index (χ0) is 12.9. The fourth-order valence-corrected chi connectivity index (χ4v) is 3.63. The molecule has 0 aromatic carbocycles. The first-order valence-corrected chi connectivity index (χ1v) is 7.11. The van der Waals surface area contributed by atoms with Crippen LogP contribution in [-0.2, 0) is 7.05 Å². The van der Waals surface area contributed by atoms with Gasteiger partial charge in [0, 0.05) is 11.9 Å². The summed E-state index contributed by atoms with van der Waals surface area (Å²) in [5.41, 5.74) is 1.17. The Balaban J connectivity index is 2.29. The summed E-state index contributed by atoms with van der Waals surface area (Å²) in [7, 11) is 1.83. The highest BCUT2D eigenvalue weighted by atomic mass is 32.1. The van der Waals surface area contributed by atoms with E-state index >= 15 is 0 Å². The molecular formula is C13H17N3OS. The molecule has 1 aliphatic heterocycles. The molecule has 0 radical (unpaired) electrons. The van der Waals surface area contributed by atoms with Gasteiger partial charge in [-0.2, -0.15) is 0 Å². The first kappa shape index (κ1) is 11.9. The van der Waals surface area contributed by atoms with Crippen LogP contribution in [0.2, 0.25) is 0 Å². The van der Waals surface area contributed by atoms with E-state index in [9.17, 15) is 4.79 Å². The van der Waals surface area contributed by atoms with Gasteiger partial charge in [-0.05, 0) is 38.8 Å². The number of hydrogen-bond acceptors (Lipinski definition) is 4. The van der Waals surface area contributed by atoms with Crippen molar-refractivity contribution in [2.24, 2.45) is 7.05 Å². The zero-order valence-electron chi connectivity index (χ0n) is 10.9. The van der Waals surface area contributed by atoms with E-state index < -0.39 is 0 Å². The molecule has 1 unspecified atom stereocenters. The molecule has 2 aromatic heterocycles. The van der Waals surface area contributed by atoms with Crippen LogP contribution in [0.25, 0.3) is 10.2 Å². The molecule has 0 saturated carbocycles. The van der Waals surface area contributed by atoms with Crippen molar-refractivity contribution in [3.05, 3.63) is 26.6 Å². The molecule has 5 heteroatoms. The maximum absolute atomic E-state index is 12.4. The van der Waals surface area contributed by atoms with Crippen LogP contribution in [0, 0.1) is 13.8 Å². The van der Waals surface area contributed by atoms with Crippen molar-refractivity contribution < 1.29 is 0 Å². The minimum Gasteiger partial charge on any atom is -0.307 e. The molecule has 1 N–H and O–H groups in total. The SMILES string of the molecule is Cc1sc2nc(C3CCCN3)n(C)c(=O)c2c1C. The van der Waals surface area contributed by atoms with Crippen molar-refractivity contribution in [1.82, 2.24) is 14.9 Å². The van der Waals surface area contributed by atoms with Gasteiger partial charge in [0.1, 0.15) is 10.7 Å². The molecular weight excluding hydrogens is 246 g/mol. The summed E-state index contributed by atoms with van der Waals surface area (Å²) in [6, 6.07) is 0.231. The van der Waals surface area contributed by atoms with Crippen LogP contribution in [0.15, 0.2) is 4.79 Å². The second-order valence-electron chi connectivity index (χ2n) is 4.95. The number of aryl methyl sites for hydroxylation is 2. The number of rotatable bonds is 1. The molecule has 3 rings (SSSR count). The van der Waals surface area contributed by atoms with Crippen LogP contribution in [0.5, 0.6) is 0 Å². The quantitative estimate of drug-likeness (QED) is 0.856. The molecule has 3 heterocycles. The van der Waals surface area contributed by atoms with Crippen molar-refractivity contribution in [2.45, 2.75) is 32.7 Å². The molecule has 4 nitrogen and oxygen atoms in total. The van der Waals surface area contributed by atoms with Crippen molar-refractivity contribution in [3.8, 4) is 0 Å². The van der Waals surface area contributed by atoms with Gasteiger partial charge >= 0.3 is 0 Å². The highest BCUT2D eigenvalue weighted by Gasteiger charge is 2.23. The van der Waals surface area contributed by atoms with E-state index in [0.29, 0.717) is 0 Å². The summed E-state index contributed by atoms with van der Waals surface area (Å²) in [6.45, 7) is 5.07. The number of nitrogens with one attached hydrogen (secondary N) is 1. The molecule has 0 amide bonds. The molecule has 0 bridgehead atoms. The third kappa shape index (κ3) is 1.61. The highest BCUT2D eigenvalue weighted by molar-refractivity contribution is 7.18. The number of nitrogens with zero attached hydrogens (tertiary/aromatic N) is 2. The largest absolute Gasteiger partial charge is 0.307 e. The second kappa shape index (κ2) is 4.17. The Kier molecular flexibility index (Phi) is 2.75. The van der Waals surface area contributed by atoms with Crippen molar-refractivity contribution in [2.75, 3.05) is 6.54 Å². The maximum Gasteiger partial charge on any atom is 0.262 e. The van der Waals surface area contributed by atoms with E-state index in [1.165, 1.54) is 4.88 Å². The average molecular weight is 263 g/mol. The molecule has 1 aliphatic rings. The van der Waals surface area contributed by atoms with Gasteiger partial charge < -0.3 is 5.32 Å². The van der Waals surface area contributed by atoms with Crippen LogP contribution in [0.3, 0.4) is 0 Å². The van der Waals surface area contributed by atoms with Gasteiger partial charge in [-0.1, -0.05) is 0 Å². The lowest BCUT2D eigenvalue weighted by Crippen LogP contribution is -2.27. The van der Waals surface area contributed by atoms with Gasteiger partial charge in [-0.15, -0.1) is 11.3 Å². The standard InChI is InChI=1S/C13H17N3OS/c1-7-8(2)18-12-10(7)13(17)16(3)11(15-12)9-5-4-6-14-9/h9,14H,4-6H2,1-3H3. The predicted molar refractivity (Wildman–Crippen MR) is 74.3 cm³/mol. The Morgan fingerprint density at radius 1 is 1.44 bits per heavy atom. The van der Waals surface area contributed by atoms with Crippen LogP contribution in [0.4, 0.5) is 0 Å². The first-order valence-electron chi connectivity index (χ1n) is 6.29. The van der Waals surface area contributed by atoms with Crippen molar-refractivity contribution in [1.29, 1.82) is 0 Å². The lowest BCUT2D eigenvalue weighted by atomic mass is 10.2. The van der Waals surface area contributed by atoms with Gasteiger partial charge in [-0.3, -0.25) is 9.36 Å². The van der Waals surface area contributed by atoms with E-state index in [0.717, 1.165) is 41.0 Å². The third-order valence-electron chi connectivity index (χ3n) is 3.82. The van der Waals surface area contributed by atoms with Gasteiger partial charge in [0.25, 0.3) is 5.56 Å². The van der Waals surface area contributed by atoms with Gasteiger partial charge in [0.2, 0.25) is 0 Å². The number of aromatic nitrogens is 2. The average Bonchev–Trinajstić information content (AvgIpc) is 2.94. The normalized spacial score (nSPS) is 19.8. The van der Waals surface area contributed by atoms with Crippen LogP contribution in [-0.4, -0.2) is 16.1 Å². The van der Waals surface area contributed by atoms with E-state index in [1.54, 1.807) is 15.9 Å². The molecule has 0 spiro atoms. The summed E-state index contributed by atoms with van der Waals surface area (Å²) in [4.78, 5) is 19.2. The molecule has 18 heavy (non-hydrogen) atoms. The number of thiophene rings is 1. The summed E-state index contributed by atoms with van der Waals surface area (Å²) >= 11 is 1.62. The Morgan fingerprint density at radius 2 is 2.22 bits per heavy atom. The molecule has 2 aromatic rings. The fraction of sp³-hybridized carbons (Fsp3) is 0.538. The minimum atomic E-state index is 0.0885. The number of fused-ring (bicyclic) bond motifs is 1. The number of hydrogen-bond donors (Lipinski definition) is 1. The molecule has 1 atom stereocenters. The Hall–Kier alpha value is -1.20. The van der Waals surface area contributed by atoms with Gasteiger partial charge in [-0.25, -0.2) is 4.98 Å². The molecule has 1 fully saturated rings. The smallest absolute Gasteiger partial charge is 0.262 e. The summed E-state index contributed by atoms with van der Waals surface area (Å²) in [5.74, 6) is 0.881. The van der Waals surface area contributed by atoms with E-state index in [4.69, 9.17) is 4.98 Å².